The summed E-state index contributed by atoms with van der Waals surface area (Å²) in [6.07, 6.45) is 16.3. The summed E-state index contributed by atoms with van der Waals surface area (Å²) < 4.78 is 0. The molecule has 2 aliphatic heterocycles. The van der Waals surface area contributed by atoms with Crippen molar-refractivity contribution < 1.29 is 24.3 Å². The molecule has 0 radical (unpaired) electrons. The number of pyridine rings is 4. The molecule has 4 aromatic heterocycles. The third kappa shape index (κ3) is 18.7. The van der Waals surface area contributed by atoms with Gasteiger partial charge in [-0.3, -0.25) is 48.9 Å². The number of amides is 3. The second-order valence-electron chi connectivity index (χ2n) is 20.1. The number of carbonyl (C=O) groups is 4. The van der Waals surface area contributed by atoms with Crippen LogP contribution in [0, 0.1) is 0 Å². The molecule has 0 saturated carbocycles. The zero-order valence-electron chi connectivity index (χ0n) is 45.7. The smallest absolute Gasteiger partial charge is 0.303 e. The number of hydrogen-bond donors (Lipinski definition) is 3. The topological polar surface area (TPSA) is 191 Å². The van der Waals surface area contributed by atoms with Crippen LogP contribution in [0.3, 0.4) is 0 Å². The van der Waals surface area contributed by atoms with Crippen LogP contribution in [0.5, 0.6) is 0 Å². The van der Waals surface area contributed by atoms with Crippen LogP contribution < -0.4 is 11.1 Å². The number of nitrogens with two attached hydrogens (primary N) is 1. The normalized spacial score (nSPS) is 14.2. The van der Waals surface area contributed by atoms with Crippen molar-refractivity contribution in [3.05, 3.63) is 264 Å². The van der Waals surface area contributed by atoms with Crippen molar-refractivity contribution in [2.45, 2.75) is 70.1 Å². The van der Waals surface area contributed by atoms with Crippen molar-refractivity contribution >= 4 is 23.7 Å². The van der Waals surface area contributed by atoms with Crippen LogP contribution in [0.25, 0.3) is 0 Å². The monoisotopic (exact) mass is 1100 g/mol. The van der Waals surface area contributed by atoms with Gasteiger partial charge in [0.25, 0.3) is 0 Å². The predicted molar refractivity (Wildman–Crippen MR) is 321 cm³/mol. The Labute approximate surface area is 482 Å². The Kier molecular flexibility index (Phi) is 24.1. The Morgan fingerprint density at radius 2 is 0.780 bits per heavy atom. The maximum atomic E-state index is 13.8. The zero-order valence-corrected chi connectivity index (χ0v) is 45.7. The van der Waals surface area contributed by atoms with Gasteiger partial charge in [0, 0.05) is 121 Å². The first-order valence-corrected chi connectivity index (χ1v) is 27.8. The van der Waals surface area contributed by atoms with Crippen LogP contribution in [0.1, 0.15) is 76.9 Å². The van der Waals surface area contributed by atoms with E-state index in [2.05, 4.69) is 132 Å². The fourth-order valence-electron chi connectivity index (χ4n) is 10.3. The predicted octanol–water partition coefficient (Wildman–Crippen LogP) is 8.69. The number of aliphatic carboxylic acids is 1. The van der Waals surface area contributed by atoms with Gasteiger partial charge in [-0.05, 0) is 88.0 Å². The molecule has 0 unspecified atom stereocenters. The lowest BCUT2D eigenvalue weighted by Crippen LogP contribution is -2.56. The molecule has 0 aliphatic carbocycles. The lowest BCUT2D eigenvalue weighted by molar-refractivity contribution is -0.138. The summed E-state index contributed by atoms with van der Waals surface area (Å²) >= 11 is 0. The average molecular weight is 1100 g/mol. The highest BCUT2D eigenvalue weighted by atomic mass is 16.4. The van der Waals surface area contributed by atoms with Crippen LogP contribution in [0.15, 0.2) is 219 Å². The van der Waals surface area contributed by atoms with Gasteiger partial charge in [0.05, 0.1) is 18.1 Å². The summed E-state index contributed by atoms with van der Waals surface area (Å²) in [7, 11) is 0. The van der Waals surface area contributed by atoms with Gasteiger partial charge in [-0.15, -0.1) is 0 Å². The van der Waals surface area contributed by atoms with Gasteiger partial charge in [0.15, 0.2) is 0 Å². The number of nitrogens with one attached hydrogen (secondary N) is 1. The molecule has 0 bridgehead atoms. The molecule has 3 amide bonds. The van der Waals surface area contributed by atoms with E-state index < -0.39 is 18.1 Å². The standard InChI is InChI=1S/C33H35N5O2.C25H28N4O.C8H9NO2.CH4/c39-31(16-15-26-9-7-17-34-24-26)36-30(23-27-10-8-18-35-25-27)33(40)38-21-19-37(20-22-38)32(28-11-3-1-4-12-28)29-13-5-2-6-14-29;26-23(18-20-8-7-13-27-19-20)25(30)29-16-14-28(15-17-29)24(21-9-3-1-4-10-21)22-11-5-2-6-12-22;10-8(11)4-3-7-2-1-5-9-6-7;/h1-14,17-18,24-25,30,32H,15-16,19-23H2,(H,36,39);1-13,19,23-24H,14-18,26H2;1-2,5-6H,3-4H2,(H,10,11);1H4/t30-;23-;;/m00../s1. The quantitative estimate of drug-likeness (QED) is 0.0700. The van der Waals surface area contributed by atoms with Crippen LogP contribution >= 0.6 is 0 Å². The summed E-state index contributed by atoms with van der Waals surface area (Å²) in [6.45, 7) is 5.71. The van der Waals surface area contributed by atoms with Crippen molar-refractivity contribution in [3.8, 4) is 0 Å². The van der Waals surface area contributed by atoms with Gasteiger partial charge >= 0.3 is 5.97 Å². The summed E-state index contributed by atoms with van der Waals surface area (Å²) in [5.41, 5.74) is 15.1. The van der Waals surface area contributed by atoms with Gasteiger partial charge in [-0.1, -0.05) is 153 Å². The molecular weight excluding hydrogens is 1020 g/mol. The maximum Gasteiger partial charge on any atom is 0.303 e. The number of rotatable bonds is 19. The number of carboxylic acids is 1. The molecule has 2 saturated heterocycles. The molecule has 4 N–H and O–H groups in total. The highest BCUT2D eigenvalue weighted by Crippen LogP contribution is 2.31. The lowest BCUT2D eigenvalue weighted by Gasteiger charge is -2.40. The third-order valence-electron chi connectivity index (χ3n) is 14.4. The van der Waals surface area contributed by atoms with E-state index in [0.29, 0.717) is 58.3 Å². The van der Waals surface area contributed by atoms with Crippen molar-refractivity contribution in [2.24, 2.45) is 5.73 Å². The van der Waals surface area contributed by atoms with Crippen LogP contribution in [-0.4, -0.2) is 133 Å². The molecule has 0 spiro atoms. The molecule has 10 rings (SSSR count). The number of carboxylic acid groups (broad SMARTS) is 1. The van der Waals surface area contributed by atoms with E-state index in [-0.39, 0.29) is 43.7 Å². The number of hydrogen-bond acceptors (Lipinski definition) is 11. The second kappa shape index (κ2) is 32.5. The molecule has 15 heteroatoms. The zero-order chi connectivity index (χ0) is 56.4. The Morgan fingerprint density at radius 3 is 1.13 bits per heavy atom. The van der Waals surface area contributed by atoms with Gasteiger partial charge in [-0.25, -0.2) is 0 Å². The van der Waals surface area contributed by atoms with E-state index >= 15 is 0 Å². The lowest BCUT2D eigenvalue weighted by atomic mass is 9.96. The van der Waals surface area contributed by atoms with Crippen LogP contribution in [0.2, 0.25) is 0 Å². The first-order chi connectivity index (χ1) is 39.7. The van der Waals surface area contributed by atoms with Crippen LogP contribution in [-0.2, 0) is 44.9 Å². The van der Waals surface area contributed by atoms with Crippen molar-refractivity contribution in [1.82, 2.24) is 44.9 Å². The minimum atomic E-state index is -0.770. The van der Waals surface area contributed by atoms with E-state index in [0.717, 1.165) is 48.4 Å². The fraction of sp³-hybridized carbons (Fsp3) is 0.284. The average Bonchev–Trinajstić information content (AvgIpc) is 3.67. The summed E-state index contributed by atoms with van der Waals surface area (Å²) in [5, 5.41) is 11.4. The Hall–Kier alpha value is -8.76. The number of piperazine rings is 2. The highest BCUT2D eigenvalue weighted by molar-refractivity contribution is 5.88. The molecule has 6 heterocycles. The Bertz CT molecular complexity index is 3030. The second-order valence-corrected chi connectivity index (χ2v) is 20.1. The Morgan fingerprint density at radius 1 is 0.439 bits per heavy atom. The van der Waals surface area contributed by atoms with Gasteiger partial charge in [-0.2, -0.15) is 0 Å². The van der Waals surface area contributed by atoms with Gasteiger partial charge in [0.2, 0.25) is 17.7 Å². The largest absolute Gasteiger partial charge is 0.481 e. The Balaban J connectivity index is 0.000000202. The van der Waals surface area contributed by atoms with Crippen LogP contribution in [0.4, 0.5) is 0 Å². The minimum Gasteiger partial charge on any atom is -0.481 e. The molecule has 82 heavy (non-hydrogen) atoms. The van der Waals surface area contributed by atoms with E-state index in [1.165, 1.54) is 22.3 Å². The summed E-state index contributed by atoms with van der Waals surface area (Å²) in [6, 6.07) is 56.5. The molecule has 15 nitrogen and oxygen atoms in total. The van der Waals surface area contributed by atoms with Crippen molar-refractivity contribution in [2.75, 3.05) is 52.4 Å². The first-order valence-electron chi connectivity index (χ1n) is 27.8. The maximum absolute atomic E-state index is 13.8. The van der Waals surface area contributed by atoms with E-state index in [4.69, 9.17) is 10.8 Å². The highest BCUT2D eigenvalue weighted by Gasteiger charge is 2.33. The number of benzene rings is 4. The summed E-state index contributed by atoms with van der Waals surface area (Å²) in [5.74, 6) is -0.935. The molecule has 4 aromatic carbocycles. The van der Waals surface area contributed by atoms with E-state index in [1.54, 1.807) is 55.6 Å². The number of aromatic nitrogens is 4. The van der Waals surface area contributed by atoms with E-state index in [1.807, 2.05) is 76.5 Å². The number of nitrogens with zero attached hydrogens (tertiary/aromatic N) is 8. The van der Waals surface area contributed by atoms with Gasteiger partial charge < -0.3 is 26.0 Å². The number of carbonyl (C=O) groups excluding carboxylic acids is 3. The molecule has 2 atom stereocenters. The molecule has 424 valence electrons. The summed E-state index contributed by atoms with van der Waals surface area (Å²) in [4.78, 5) is 74.8. The van der Waals surface area contributed by atoms with Gasteiger partial charge in [0.1, 0.15) is 6.04 Å². The first kappa shape index (κ1) is 60.9. The van der Waals surface area contributed by atoms with E-state index in [9.17, 15) is 19.2 Å². The van der Waals surface area contributed by atoms with Crippen molar-refractivity contribution in [3.63, 3.8) is 0 Å². The molecule has 8 aromatic rings. The number of aryl methyl sites for hydroxylation is 2. The fourth-order valence-corrected chi connectivity index (χ4v) is 10.3. The molecular formula is C67H76N10O5. The minimum absolute atomic E-state index is 0. The SMILES string of the molecule is C.N[C@@H](Cc1cccnc1)C(=O)N1CCN(C(c2ccccc2)c2ccccc2)CC1.O=C(CCc1cccnc1)N[C@@H](Cc1cccnc1)C(=O)N1CCN(C(c2ccccc2)c2ccccc2)CC1.O=C(O)CCc1cccnc1. The molecule has 2 aliphatic rings. The molecule has 2 fully saturated rings. The third-order valence-corrected chi connectivity index (χ3v) is 14.4. The van der Waals surface area contributed by atoms with Crippen molar-refractivity contribution in [1.29, 1.82) is 0 Å².